The number of morpholine rings is 1. The van der Waals surface area contributed by atoms with Gasteiger partial charge < -0.3 is 14.6 Å². The second kappa shape index (κ2) is 7.34. The minimum atomic E-state index is -3.47. The summed E-state index contributed by atoms with van der Waals surface area (Å²) in [5.41, 5.74) is 0.785. The number of nitrogens with one attached hydrogen (secondary N) is 1. The highest BCUT2D eigenvalue weighted by atomic mass is 32.2. The van der Waals surface area contributed by atoms with E-state index in [1.54, 1.807) is 14.9 Å². The monoisotopic (exact) mass is 394 g/mol. The first-order valence-corrected chi connectivity index (χ1v) is 10.7. The maximum absolute atomic E-state index is 13.1. The van der Waals surface area contributed by atoms with Crippen molar-refractivity contribution in [3.05, 3.63) is 18.6 Å². The van der Waals surface area contributed by atoms with Gasteiger partial charge in [0.25, 0.3) is 10.2 Å². The van der Waals surface area contributed by atoms with Crippen LogP contribution in [-0.4, -0.2) is 84.5 Å². The fourth-order valence-corrected chi connectivity index (χ4v) is 5.59. The molecule has 0 bridgehead atoms. The van der Waals surface area contributed by atoms with E-state index < -0.39 is 10.2 Å². The van der Waals surface area contributed by atoms with Crippen LogP contribution in [0.15, 0.2) is 18.6 Å². The van der Waals surface area contributed by atoms with Gasteiger partial charge in [0, 0.05) is 45.5 Å². The average molecular weight is 395 g/mol. The fraction of sp³-hybridized carbons (Fsp3) is 0.647. The van der Waals surface area contributed by atoms with Gasteiger partial charge in [-0.15, -0.1) is 0 Å². The molecule has 2 saturated heterocycles. The number of likely N-dealkylation sites (N-methyl/N-ethyl adjacent to an activating group) is 1. The lowest BCUT2D eigenvalue weighted by Gasteiger charge is -2.43. The molecule has 9 nitrogen and oxygen atoms in total. The number of rotatable bonds is 4. The van der Waals surface area contributed by atoms with Gasteiger partial charge in [-0.3, -0.25) is 0 Å². The Balaban J connectivity index is 1.58. The van der Waals surface area contributed by atoms with Crippen LogP contribution in [0, 0.1) is 5.92 Å². The lowest BCUT2D eigenvalue weighted by molar-refractivity contribution is 0.0690. The summed E-state index contributed by atoms with van der Waals surface area (Å²) < 4.78 is 34.6. The molecule has 27 heavy (non-hydrogen) atoms. The van der Waals surface area contributed by atoms with Crippen molar-refractivity contribution in [2.45, 2.75) is 19.4 Å². The summed E-state index contributed by atoms with van der Waals surface area (Å²) in [6, 6.07) is 2.00. The number of anilines is 1. The minimum absolute atomic E-state index is 0.0440. The van der Waals surface area contributed by atoms with Crippen molar-refractivity contribution in [2.75, 3.05) is 51.3 Å². The highest BCUT2D eigenvalue weighted by Gasteiger charge is 2.38. The lowest BCUT2D eigenvalue weighted by Crippen LogP contribution is -2.57. The maximum Gasteiger partial charge on any atom is 0.282 e. The van der Waals surface area contributed by atoms with Gasteiger partial charge in [-0.25, -0.2) is 9.97 Å². The van der Waals surface area contributed by atoms with Crippen LogP contribution < -0.4 is 4.90 Å². The molecule has 0 amide bonds. The van der Waals surface area contributed by atoms with Crippen LogP contribution in [-0.2, 0) is 14.9 Å². The number of nitrogens with zero attached hydrogens (tertiary/aromatic N) is 5. The van der Waals surface area contributed by atoms with Gasteiger partial charge in [-0.2, -0.15) is 17.0 Å². The summed E-state index contributed by atoms with van der Waals surface area (Å²) in [6.07, 6.45) is 4.20. The summed E-state index contributed by atoms with van der Waals surface area (Å²) >= 11 is 0. The predicted octanol–water partition coefficient (Wildman–Crippen LogP) is 0.682. The van der Waals surface area contributed by atoms with E-state index >= 15 is 0 Å². The summed E-state index contributed by atoms with van der Waals surface area (Å²) in [6.45, 7) is 4.94. The van der Waals surface area contributed by atoms with Crippen LogP contribution in [0.5, 0.6) is 0 Å². The number of hydrogen-bond donors (Lipinski definition) is 1. The molecule has 2 aliphatic rings. The number of aromatic nitrogens is 3. The first-order chi connectivity index (χ1) is 13.0. The SMILES string of the molecule is CC1CCN(S(=O)(=O)N2CCOCC2)CC1N(C)c1ncnc2[nH]ccc12. The highest BCUT2D eigenvalue weighted by molar-refractivity contribution is 7.86. The standard InChI is InChI=1S/C17H26N6O3S/c1-13-4-6-23(27(24,25)22-7-9-26-10-8-22)11-15(13)21(2)17-14-3-5-18-16(14)19-12-20-17/h3,5,12-13,15H,4,6-11H2,1-2H3,(H,18,19,20). The van der Waals surface area contributed by atoms with E-state index in [9.17, 15) is 8.42 Å². The van der Waals surface area contributed by atoms with E-state index in [0.717, 1.165) is 23.3 Å². The smallest absolute Gasteiger partial charge is 0.282 e. The Morgan fingerprint density at radius 3 is 2.78 bits per heavy atom. The summed E-state index contributed by atoms with van der Waals surface area (Å²) in [7, 11) is -1.48. The van der Waals surface area contributed by atoms with Crippen molar-refractivity contribution in [2.24, 2.45) is 5.92 Å². The number of ether oxygens (including phenoxy) is 1. The minimum Gasteiger partial charge on any atom is -0.379 e. The third-order valence-electron chi connectivity index (χ3n) is 5.67. The van der Waals surface area contributed by atoms with Crippen molar-refractivity contribution < 1.29 is 13.2 Å². The molecule has 2 aromatic rings. The third-order valence-corrected chi connectivity index (χ3v) is 7.67. The maximum atomic E-state index is 13.1. The second-order valence-corrected chi connectivity index (χ2v) is 9.19. The molecule has 10 heteroatoms. The molecule has 2 aromatic heterocycles. The summed E-state index contributed by atoms with van der Waals surface area (Å²) in [4.78, 5) is 13.9. The average Bonchev–Trinajstić information content (AvgIpc) is 3.17. The molecule has 2 unspecified atom stereocenters. The zero-order valence-electron chi connectivity index (χ0n) is 15.7. The molecule has 2 aliphatic heterocycles. The van der Waals surface area contributed by atoms with Gasteiger partial charge in [0.2, 0.25) is 0 Å². The van der Waals surface area contributed by atoms with E-state index in [1.807, 2.05) is 19.3 Å². The summed E-state index contributed by atoms with van der Waals surface area (Å²) in [5.74, 6) is 1.18. The molecule has 4 rings (SSSR count). The van der Waals surface area contributed by atoms with Gasteiger partial charge in [0.05, 0.1) is 18.6 Å². The Hall–Kier alpha value is -1.75. The first kappa shape index (κ1) is 18.6. The van der Waals surface area contributed by atoms with E-state index in [-0.39, 0.29) is 6.04 Å². The van der Waals surface area contributed by atoms with E-state index in [1.165, 1.54) is 0 Å². The van der Waals surface area contributed by atoms with Crippen LogP contribution in [0.2, 0.25) is 0 Å². The van der Waals surface area contributed by atoms with Crippen LogP contribution in [0.4, 0.5) is 5.82 Å². The van der Waals surface area contributed by atoms with Crippen molar-refractivity contribution in [3.63, 3.8) is 0 Å². The van der Waals surface area contributed by atoms with Crippen molar-refractivity contribution in [1.82, 2.24) is 23.6 Å². The molecule has 0 aliphatic carbocycles. The zero-order valence-corrected chi connectivity index (χ0v) is 16.5. The van der Waals surface area contributed by atoms with Gasteiger partial charge in [0.1, 0.15) is 17.8 Å². The molecule has 4 heterocycles. The van der Waals surface area contributed by atoms with Crippen LogP contribution in [0.25, 0.3) is 11.0 Å². The molecule has 0 radical (unpaired) electrons. The van der Waals surface area contributed by atoms with E-state index in [4.69, 9.17) is 4.74 Å². The van der Waals surface area contributed by atoms with Gasteiger partial charge >= 0.3 is 0 Å². The quantitative estimate of drug-likeness (QED) is 0.820. The largest absolute Gasteiger partial charge is 0.379 e. The molecule has 2 fully saturated rings. The summed E-state index contributed by atoms with van der Waals surface area (Å²) in [5, 5.41) is 0.945. The van der Waals surface area contributed by atoms with Crippen molar-refractivity contribution in [1.29, 1.82) is 0 Å². The van der Waals surface area contributed by atoms with Crippen LogP contribution in [0.1, 0.15) is 13.3 Å². The molecular formula is C17H26N6O3S. The second-order valence-electron chi connectivity index (χ2n) is 7.26. The number of aromatic amines is 1. The van der Waals surface area contributed by atoms with Crippen molar-refractivity contribution >= 4 is 27.1 Å². The number of piperidine rings is 1. The van der Waals surface area contributed by atoms with Gasteiger partial charge in [0.15, 0.2) is 0 Å². The molecule has 0 aromatic carbocycles. The van der Waals surface area contributed by atoms with E-state index in [0.29, 0.717) is 45.3 Å². The first-order valence-electron chi connectivity index (χ1n) is 9.32. The Labute approximate surface area is 159 Å². The number of hydrogen-bond acceptors (Lipinski definition) is 6. The Morgan fingerprint density at radius 1 is 1.22 bits per heavy atom. The topological polar surface area (TPSA) is 94.7 Å². The number of fused-ring (bicyclic) bond motifs is 1. The van der Waals surface area contributed by atoms with Gasteiger partial charge in [-0.05, 0) is 18.4 Å². The van der Waals surface area contributed by atoms with Crippen molar-refractivity contribution in [3.8, 4) is 0 Å². The molecule has 1 N–H and O–H groups in total. The zero-order chi connectivity index (χ0) is 19.0. The van der Waals surface area contributed by atoms with Crippen LogP contribution >= 0.6 is 0 Å². The number of H-pyrrole nitrogens is 1. The Kier molecular flexibility index (Phi) is 5.06. The molecule has 2 atom stereocenters. The molecular weight excluding hydrogens is 368 g/mol. The van der Waals surface area contributed by atoms with Crippen LogP contribution in [0.3, 0.4) is 0 Å². The Bertz CT molecular complexity index is 895. The Morgan fingerprint density at radius 2 is 2.00 bits per heavy atom. The highest BCUT2D eigenvalue weighted by Crippen LogP contribution is 2.30. The normalized spacial score (nSPS) is 25.7. The fourth-order valence-electron chi connectivity index (χ4n) is 3.97. The molecule has 148 valence electrons. The lowest BCUT2D eigenvalue weighted by atomic mass is 9.93. The predicted molar refractivity (Wildman–Crippen MR) is 103 cm³/mol. The molecule has 0 saturated carbocycles. The van der Waals surface area contributed by atoms with E-state index in [2.05, 4.69) is 26.8 Å². The van der Waals surface area contributed by atoms with Gasteiger partial charge in [-0.1, -0.05) is 6.92 Å². The third kappa shape index (κ3) is 3.42. The molecule has 0 spiro atoms.